The average Bonchev–Trinajstić information content (AvgIpc) is 3.18. The number of hydrogen-bond donors (Lipinski definition) is 2. The van der Waals surface area contributed by atoms with E-state index in [9.17, 15) is 4.79 Å². The van der Waals surface area contributed by atoms with Gasteiger partial charge in [0.05, 0.1) is 12.0 Å². The van der Waals surface area contributed by atoms with E-state index in [-0.39, 0.29) is 11.9 Å². The van der Waals surface area contributed by atoms with Gasteiger partial charge in [-0.1, -0.05) is 35.5 Å². The fourth-order valence-electron chi connectivity index (χ4n) is 2.44. The average molecular weight is 388 g/mol. The van der Waals surface area contributed by atoms with Gasteiger partial charge >= 0.3 is 0 Å². The van der Waals surface area contributed by atoms with Crippen molar-refractivity contribution >= 4 is 35.0 Å². The molecular weight excluding hydrogens is 368 g/mol. The summed E-state index contributed by atoms with van der Waals surface area (Å²) < 4.78 is 5.36. The first-order valence-electron chi connectivity index (χ1n) is 8.31. The highest BCUT2D eigenvalue weighted by Gasteiger charge is 2.14. The molecule has 1 amide bonds. The molecule has 0 radical (unpaired) electrons. The summed E-state index contributed by atoms with van der Waals surface area (Å²) in [7, 11) is 0. The molecule has 4 nitrogen and oxygen atoms in total. The maximum atomic E-state index is 12.3. The Balaban J connectivity index is 1.60. The van der Waals surface area contributed by atoms with Crippen molar-refractivity contribution in [1.82, 2.24) is 0 Å². The molecule has 3 aromatic rings. The van der Waals surface area contributed by atoms with Crippen molar-refractivity contribution < 1.29 is 14.5 Å². The summed E-state index contributed by atoms with van der Waals surface area (Å²) in [6.07, 6.45) is 1.64. The normalized spacial score (nSPS) is 11.9. The monoisotopic (exact) mass is 387 g/mol. The van der Waals surface area contributed by atoms with Gasteiger partial charge < -0.3 is 15.1 Å². The maximum Gasteiger partial charge on any atom is 0.279 e. The van der Waals surface area contributed by atoms with E-state index in [1.807, 2.05) is 72.9 Å². The molecule has 0 fully saturated rings. The number of quaternary nitrogens is 1. The molecule has 0 aliphatic heterocycles. The number of carbonyl (C=O) groups is 1. The zero-order valence-electron chi connectivity index (χ0n) is 14.3. The quantitative estimate of drug-likeness (QED) is 0.633. The zero-order valence-corrected chi connectivity index (χ0v) is 15.9. The molecule has 6 heteroatoms. The minimum atomic E-state index is -0.0486. The molecule has 3 N–H and O–H groups in total. The van der Waals surface area contributed by atoms with E-state index in [2.05, 4.69) is 5.32 Å². The molecule has 0 saturated heterocycles. The number of nitrogens with two attached hydrogens (primary N) is 1. The van der Waals surface area contributed by atoms with Crippen LogP contribution in [-0.4, -0.2) is 12.5 Å². The van der Waals surface area contributed by atoms with E-state index in [1.54, 1.807) is 18.0 Å². The molecule has 1 aromatic heterocycles. The predicted molar refractivity (Wildman–Crippen MR) is 105 cm³/mol. The van der Waals surface area contributed by atoms with Crippen LogP contribution in [0.25, 0.3) is 0 Å². The molecule has 1 heterocycles. The van der Waals surface area contributed by atoms with Crippen LogP contribution in [0.2, 0.25) is 5.02 Å². The molecule has 0 unspecified atom stereocenters. The number of amides is 1. The van der Waals surface area contributed by atoms with Crippen molar-refractivity contribution in [2.75, 3.05) is 11.9 Å². The zero-order chi connectivity index (χ0) is 18.4. The maximum absolute atomic E-state index is 12.3. The third-order valence-corrected chi connectivity index (χ3v) is 5.19. The lowest BCUT2D eigenvalue weighted by atomic mass is 10.2. The molecular formula is C20H20ClN2O2S+. The molecule has 1 atom stereocenters. The van der Waals surface area contributed by atoms with Crippen LogP contribution in [0, 0.1) is 0 Å². The van der Waals surface area contributed by atoms with Crippen molar-refractivity contribution in [3.63, 3.8) is 0 Å². The van der Waals surface area contributed by atoms with Crippen molar-refractivity contribution in [3.05, 3.63) is 77.7 Å². The fraction of sp³-hybridized carbons (Fsp3) is 0.150. The SMILES string of the molecule is C[C@H]([NH2+]CC(=O)Nc1ccccc1Sc1ccc(Cl)cc1)c1ccco1. The van der Waals surface area contributed by atoms with Crippen LogP contribution in [0.3, 0.4) is 0 Å². The smallest absolute Gasteiger partial charge is 0.279 e. The Hall–Kier alpha value is -2.21. The van der Waals surface area contributed by atoms with E-state index < -0.39 is 0 Å². The highest BCUT2D eigenvalue weighted by molar-refractivity contribution is 7.99. The van der Waals surface area contributed by atoms with E-state index in [0.29, 0.717) is 11.6 Å². The van der Waals surface area contributed by atoms with Gasteiger partial charge in [0, 0.05) is 14.8 Å². The number of furan rings is 1. The number of para-hydroxylation sites is 1. The van der Waals surface area contributed by atoms with Crippen molar-refractivity contribution in [3.8, 4) is 0 Å². The Labute approximate surface area is 161 Å². The van der Waals surface area contributed by atoms with Gasteiger partial charge in [-0.3, -0.25) is 4.79 Å². The molecule has 134 valence electrons. The molecule has 3 rings (SSSR count). The van der Waals surface area contributed by atoms with Gasteiger partial charge in [-0.25, -0.2) is 0 Å². The number of benzene rings is 2. The fourth-order valence-corrected chi connectivity index (χ4v) is 3.47. The first-order chi connectivity index (χ1) is 12.6. The van der Waals surface area contributed by atoms with Crippen LogP contribution in [0.5, 0.6) is 0 Å². The van der Waals surface area contributed by atoms with Gasteiger partial charge in [-0.15, -0.1) is 0 Å². The summed E-state index contributed by atoms with van der Waals surface area (Å²) in [5.74, 6) is 0.809. The lowest BCUT2D eigenvalue weighted by Crippen LogP contribution is -2.86. The predicted octanol–water partition coefficient (Wildman–Crippen LogP) is 4.35. The summed E-state index contributed by atoms with van der Waals surface area (Å²) in [5, 5.41) is 5.65. The van der Waals surface area contributed by atoms with Crippen molar-refractivity contribution in [2.24, 2.45) is 0 Å². The lowest BCUT2D eigenvalue weighted by molar-refractivity contribution is -0.684. The third kappa shape index (κ3) is 5.14. The number of carbonyl (C=O) groups excluding carboxylic acids is 1. The molecule has 2 aromatic carbocycles. The summed E-state index contributed by atoms with van der Waals surface area (Å²) >= 11 is 7.52. The Bertz CT molecular complexity index is 851. The second kappa shape index (κ2) is 8.94. The van der Waals surface area contributed by atoms with Crippen LogP contribution >= 0.6 is 23.4 Å². The third-order valence-electron chi connectivity index (χ3n) is 3.85. The van der Waals surface area contributed by atoms with E-state index >= 15 is 0 Å². The van der Waals surface area contributed by atoms with Crippen LogP contribution in [-0.2, 0) is 4.79 Å². The summed E-state index contributed by atoms with van der Waals surface area (Å²) in [5.41, 5.74) is 0.802. The number of nitrogens with one attached hydrogen (secondary N) is 1. The van der Waals surface area contributed by atoms with Gasteiger partial charge in [-0.2, -0.15) is 0 Å². The Kier molecular flexibility index (Phi) is 6.39. The first-order valence-corrected chi connectivity index (χ1v) is 9.50. The van der Waals surface area contributed by atoms with Crippen LogP contribution in [0.15, 0.2) is 81.1 Å². The summed E-state index contributed by atoms with van der Waals surface area (Å²) in [6.45, 7) is 2.33. The summed E-state index contributed by atoms with van der Waals surface area (Å²) in [4.78, 5) is 14.4. The van der Waals surface area contributed by atoms with Gasteiger partial charge in [0.1, 0.15) is 6.04 Å². The van der Waals surface area contributed by atoms with E-state index in [0.717, 1.165) is 21.2 Å². The second-order valence-corrected chi connectivity index (χ2v) is 7.40. The minimum Gasteiger partial charge on any atom is -0.463 e. The molecule has 0 saturated carbocycles. The number of hydrogen-bond acceptors (Lipinski definition) is 3. The lowest BCUT2D eigenvalue weighted by Gasteiger charge is -2.12. The van der Waals surface area contributed by atoms with Gasteiger partial charge in [0.25, 0.3) is 5.91 Å². The van der Waals surface area contributed by atoms with Crippen LogP contribution in [0.1, 0.15) is 18.7 Å². The highest BCUT2D eigenvalue weighted by Crippen LogP contribution is 2.33. The van der Waals surface area contributed by atoms with E-state index in [4.69, 9.17) is 16.0 Å². The Morgan fingerprint density at radius 1 is 1.15 bits per heavy atom. The summed E-state index contributed by atoms with van der Waals surface area (Å²) in [6, 6.07) is 19.3. The number of halogens is 1. The molecule has 26 heavy (non-hydrogen) atoms. The standard InChI is InChI=1S/C20H19ClN2O2S/c1-14(18-6-4-12-25-18)22-13-20(24)23-17-5-2-3-7-19(17)26-16-10-8-15(21)9-11-16/h2-12,14,22H,13H2,1H3,(H,23,24)/p+1/t14-/m0/s1. The van der Waals surface area contributed by atoms with E-state index in [1.165, 1.54) is 0 Å². The number of anilines is 1. The van der Waals surface area contributed by atoms with Crippen molar-refractivity contribution in [2.45, 2.75) is 22.8 Å². The minimum absolute atomic E-state index is 0.0486. The molecule has 0 aliphatic rings. The molecule has 0 spiro atoms. The first kappa shape index (κ1) is 18.6. The topological polar surface area (TPSA) is 58.9 Å². The van der Waals surface area contributed by atoms with Gasteiger partial charge in [0.15, 0.2) is 12.3 Å². The number of rotatable bonds is 7. The van der Waals surface area contributed by atoms with Gasteiger partial charge in [-0.05, 0) is 55.5 Å². The highest BCUT2D eigenvalue weighted by atomic mass is 35.5. The molecule has 0 bridgehead atoms. The van der Waals surface area contributed by atoms with Gasteiger partial charge in [0.2, 0.25) is 0 Å². The van der Waals surface area contributed by atoms with Crippen LogP contribution in [0.4, 0.5) is 5.69 Å². The van der Waals surface area contributed by atoms with Crippen molar-refractivity contribution in [1.29, 1.82) is 0 Å². The largest absolute Gasteiger partial charge is 0.463 e. The Morgan fingerprint density at radius 2 is 1.92 bits per heavy atom. The molecule has 0 aliphatic carbocycles. The Morgan fingerprint density at radius 3 is 2.65 bits per heavy atom. The van der Waals surface area contributed by atoms with Crippen LogP contribution < -0.4 is 10.6 Å². The second-order valence-electron chi connectivity index (χ2n) is 5.84.